The van der Waals surface area contributed by atoms with E-state index >= 15 is 0 Å². The molecule has 1 aromatic carbocycles. The molecule has 0 aliphatic heterocycles. The van der Waals surface area contributed by atoms with Gasteiger partial charge in [0, 0.05) is 6.07 Å². The van der Waals surface area contributed by atoms with Gasteiger partial charge in [0.25, 0.3) is 0 Å². The number of nitrogens with zero attached hydrogens (tertiary/aromatic N) is 1. The lowest BCUT2D eigenvalue weighted by atomic mass is 10.3. The van der Waals surface area contributed by atoms with E-state index in [9.17, 15) is 12.8 Å². The van der Waals surface area contributed by atoms with Crippen LogP contribution >= 0.6 is 15.9 Å². The van der Waals surface area contributed by atoms with E-state index in [0.29, 0.717) is 5.69 Å². The summed E-state index contributed by atoms with van der Waals surface area (Å²) in [6.07, 6.45) is 1.33. The quantitative estimate of drug-likeness (QED) is 0.817. The molecule has 0 unspecified atom stereocenters. The number of sulfonamides is 1. The summed E-state index contributed by atoms with van der Waals surface area (Å²) in [5.41, 5.74) is 5.76. The fraction of sp³-hybridized carbons (Fsp3) is 0.100. The van der Waals surface area contributed by atoms with E-state index in [4.69, 9.17) is 5.73 Å². The van der Waals surface area contributed by atoms with Crippen LogP contribution in [-0.4, -0.2) is 13.6 Å². The normalized spacial score (nSPS) is 11.7. The summed E-state index contributed by atoms with van der Waals surface area (Å²) in [4.78, 5) is -0.204. The molecule has 0 atom stereocenters. The van der Waals surface area contributed by atoms with Crippen molar-refractivity contribution >= 4 is 31.6 Å². The van der Waals surface area contributed by atoms with Crippen molar-refractivity contribution in [3.05, 3.63) is 40.4 Å². The van der Waals surface area contributed by atoms with Crippen LogP contribution in [0.1, 0.15) is 5.69 Å². The van der Waals surface area contributed by atoms with Crippen molar-refractivity contribution in [2.75, 3.05) is 5.73 Å². The van der Waals surface area contributed by atoms with Crippen molar-refractivity contribution in [1.82, 2.24) is 9.88 Å². The molecule has 2 aromatic rings. The molecule has 0 bridgehead atoms. The lowest BCUT2D eigenvalue weighted by Gasteiger charge is -2.09. The molecule has 102 valence electrons. The van der Waals surface area contributed by atoms with E-state index in [-0.39, 0.29) is 21.6 Å². The maximum absolute atomic E-state index is 13.2. The summed E-state index contributed by atoms with van der Waals surface area (Å²) < 4.78 is 44.1. The lowest BCUT2D eigenvalue weighted by Crippen LogP contribution is -2.24. The van der Waals surface area contributed by atoms with Gasteiger partial charge in [0.1, 0.15) is 17.0 Å². The maximum Gasteiger partial charge on any atom is 0.243 e. The zero-order valence-electron chi connectivity index (χ0n) is 9.43. The Morgan fingerprint density at radius 2 is 2.21 bits per heavy atom. The van der Waals surface area contributed by atoms with Gasteiger partial charge in [-0.2, -0.15) is 0 Å². The highest BCUT2D eigenvalue weighted by atomic mass is 79.9. The maximum atomic E-state index is 13.2. The van der Waals surface area contributed by atoms with Crippen LogP contribution < -0.4 is 10.5 Å². The Hall–Kier alpha value is -1.45. The number of hydrogen-bond acceptors (Lipinski definition) is 5. The van der Waals surface area contributed by atoms with Crippen molar-refractivity contribution in [3.63, 3.8) is 0 Å². The first-order valence-corrected chi connectivity index (χ1v) is 7.31. The van der Waals surface area contributed by atoms with E-state index in [1.165, 1.54) is 12.3 Å². The van der Waals surface area contributed by atoms with Gasteiger partial charge in [-0.15, -0.1) is 0 Å². The molecular weight excluding hydrogens is 341 g/mol. The number of anilines is 1. The summed E-state index contributed by atoms with van der Waals surface area (Å²) in [5.74, 6) is -0.632. The van der Waals surface area contributed by atoms with Gasteiger partial charge in [0.05, 0.1) is 22.4 Å². The fourth-order valence-corrected chi connectivity index (χ4v) is 2.98. The van der Waals surface area contributed by atoms with Crippen molar-refractivity contribution in [3.8, 4) is 0 Å². The predicted molar refractivity (Wildman–Crippen MR) is 69.0 cm³/mol. The van der Waals surface area contributed by atoms with E-state index in [1.807, 2.05) is 0 Å². The topological polar surface area (TPSA) is 98.2 Å². The number of rotatable bonds is 4. The molecule has 0 aliphatic carbocycles. The lowest BCUT2D eigenvalue weighted by molar-refractivity contribution is 0.411. The third-order valence-electron chi connectivity index (χ3n) is 2.28. The molecule has 0 saturated carbocycles. The zero-order valence-corrected chi connectivity index (χ0v) is 11.8. The summed E-state index contributed by atoms with van der Waals surface area (Å²) in [5, 5.41) is 3.56. The Bertz CT molecular complexity index is 688. The van der Waals surface area contributed by atoms with Crippen molar-refractivity contribution < 1.29 is 17.3 Å². The smallest absolute Gasteiger partial charge is 0.243 e. The predicted octanol–water partition coefficient (Wildman–Crippen LogP) is 1.64. The third kappa shape index (κ3) is 3.11. The van der Waals surface area contributed by atoms with Gasteiger partial charge in [-0.1, -0.05) is 5.16 Å². The molecule has 0 spiro atoms. The largest absolute Gasteiger partial charge is 0.398 e. The Kier molecular flexibility index (Phi) is 3.88. The third-order valence-corrected chi connectivity index (χ3v) is 4.34. The number of aromatic nitrogens is 1. The first-order chi connectivity index (χ1) is 8.90. The molecule has 1 aromatic heterocycles. The van der Waals surface area contributed by atoms with Gasteiger partial charge < -0.3 is 10.3 Å². The number of benzene rings is 1. The van der Waals surface area contributed by atoms with Crippen LogP contribution in [0.2, 0.25) is 0 Å². The standard InChI is InChI=1S/C10H9BrFN3O3S/c11-7-3-10(9(13)4-8(7)12)19(16,17)14-5-6-1-2-18-15-6/h1-4,14H,5,13H2. The molecule has 0 aliphatic rings. The molecular formula is C10H9BrFN3O3S. The highest BCUT2D eigenvalue weighted by Gasteiger charge is 2.19. The summed E-state index contributed by atoms with van der Waals surface area (Å²) >= 11 is 2.91. The number of hydrogen-bond donors (Lipinski definition) is 2. The molecule has 19 heavy (non-hydrogen) atoms. The molecule has 0 saturated heterocycles. The SMILES string of the molecule is Nc1cc(F)c(Br)cc1S(=O)(=O)NCc1ccon1. The minimum absolute atomic E-state index is 0.0171. The molecule has 9 heteroatoms. The van der Waals surface area contributed by atoms with Gasteiger partial charge in [0.15, 0.2) is 0 Å². The zero-order chi connectivity index (χ0) is 14.0. The molecule has 0 amide bonds. The second-order valence-corrected chi connectivity index (χ2v) is 6.21. The van der Waals surface area contributed by atoms with Crippen molar-refractivity contribution in [2.24, 2.45) is 0 Å². The van der Waals surface area contributed by atoms with Crippen LogP contribution in [0.5, 0.6) is 0 Å². The monoisotopic (exact) mass is 349 g/mol. The highest BCUT2D eigenvalue weighted by molar-refractivity contribution is 9.10. The van der Waals surface area contributed by atoms with Crippen LogP contribution in [0, 0.1) is 5.82 Å². The number of nitrogens with two attached hydrogens (primary N) is 1. The van der Waals surface area contributed by atoms with Crippen LogP contribution in [0.25, 0.3) is 0 Å². The van der Waals surface area contributed by atoms with Gasteiger partial charge in [0.2, 0.25) is 10.0 Å². The Morgan fingerprint density at radius 3 is 2.84 bits per heavy atom. The molecule has 1 heterocycles. The van der Waals surface area contributed by atoms with E-state index in [2.05, 4.69) is 30.3 Å². The van der Waals surface area contributed by atoms with Gasteiger partial charge in [-0.05, 0) is 28.1 Å². The van der Waals surface area contributed by atoms with Crippen LogP contribution in [-0.2, 0) is 16.6 Å². The Morgan fingerprint density at radius 1 is 1.47 bits per heavy atom. The minimum atomic E-state index is -3.86. The van der Waals surface area contributed by atoms with Crippen LogP contribution in [0.4, 0.5) is 10.1 Å². The molecule has 2 rings (SSSR count). The van der Waals surface area contributed by atoms with Gasteiger partial charge >= 0.3 is 0 Å². The first kappa shape index (κ1) is 14.0. The van der Waals surface area contributed by atoms with E-state index < -0.39 is 15.8 Å². The number of nitrogen functional groups attached to an aromatic ring is 1. The van der Waals surface area contributed by atoms with Crippen molar-refractivity contribution in [1.29, 1.82) is 0 Å². The van der Waals surface area contributed by atoms with Crippen LogP contribution in [0.3, 0.4) is 0 Å². The summed E-state index contributed by atoms with van der Waals surface area (Å²) in [6.45, 7) is -0.0483. The summed E-state index contributed by atoms with van der Waals surface area (Å²) in [6, 6.07) is 3.57. The molecule has 3 N–H and O–H groups in total. The van der Waals surface area contributed by atoms with E-state index in [1.54, 1.807) is 0 Å². The van der Waals surface area contributed by atoms with E-state index in [0.717, 1.165) is 12.1 Å². The summed E-state index contributed by atoms with van der Waals surface area (Å²) in [7, 11) is -3.86. The van der Waals surface area contributed by atoms with Gasteiger partial charge in [-0.3, -0.25) is 0 Å². The fourth-order valence-electron chi connectivity index (χ4n) is 1.35. The Labute approximate surface area is 117 Å². The average Bonchev–Trinajstić information content (AvgIpc) is 2.84. The molecule has 0 fully saturated rings. The Balaban J connectivity index is 2.27. The highest BCUT2D eigenvalue weighted by Crippen LogP contribution is 2.26. The minimum Gasteiger partial charge on any atom is -0.398 e. The van der Waals surface area contributed by atoms with Crippen molar-refractivity contribution in [2.45, 2.75) is 11.4 Å². The first-order valence-electron chi connectivity index (χ1n) is 5.03. The number of nitrogens with one attached hydrogen (secondary N) is 1. The second kappa shape index (κ2) is 5.27. The van der Waals surface area contributed by atoms with Crippen LogP contribution in [0.15, 0.2) is 38.4 Å². The second-order valence-electron chi connectivity index (χ2n) is 3.62. The number of halogens is 2. The van der Waals surface area contributed by atoms with Gasteiger partial charge in [-0.25, -0.2) is 17.5 Å². The molecule has 0 radical (unpaired) electrons. The average molecular weight is 350 g/mol. The molecule has 6 nitrogen and oxygen atoms in total.